The van der Waals surface area contributed by atoms with Crippen LogP contribution in [0, 0.1) is 0 Å². The lowest BCUT2D eigenvalue weighted by atomic mass is 10.0. The van der Waals surface area contributed by atoms with Crippen molar-refractivity contribution in [1.29, 1.82) is 0 Å². The summed E-state index contributed by atoms with van der Waals surface area (Å²) in [7, 11) is 1.74. The van der Waals surface area contributed by atoms with Gasteiger partial charge in [-0.1, -0.05) is 66.2 Å². The third-order valence-corrected chi connectivity index (χ3v) is 5.68. The predicted octanol–water partition coefficient (Wildman–Crippen LogP) is 6.24. The summed E-state index contributed by atoms with van der Waals surface area (Å²) < 4.78 is 0. The Labute approximate surface area is 173 Å². The van der Waals surface area contributed by atoms with Gasteiger partial charge in [0, 0.05) is 12.1 Å². The van der Waals surface area contributed by atoms with E-state index in [-0.39, 0.29) is 5.91 Å². The Morgan fingerprint density at radius 1 is 0.893 bits per heavy atom. The van der Waals surface area contributed by atoms with Gasteiger partial charge in [0.05, 0.1) is 10.6 Å². The molecule has 28 heavy (non-hydrogen) atoms. The summed E-state index contributed by atoms with van der Waals surface area (Å²) in [6.07, 6.45) is 1.91. The maximum Gasteiger partial charge on any atom is 0.266 e. The second-order valence-corrected chi connectivity index (χ2v) is 7.78. The number of amidine groups is 1. The van der Waals surface area contributed by atoms with E-state index in [1.165, 1.54) is 17.3 Å². The highest BCUT2D eigenvalue weighted by Crippen LogP contribution is 2.33. The molecule has 0 atom stereocenters. The Kier molecular flexibility index (Phi) is 5.33. The molecule has 1 aliphatic heterocycles. The smallest absolute Gasteiger partial charge is 0.266 e. The first-order valence-electron chi connectivity index (χ1n) is 8.77. The third-order valence-electron chi connectivity index (χ3n) is 4.37. The Morgan fingerprint density at radius 2 is 1.54 bits per heavy atom. The van der Waals surface area contributed by atoms with E-state index in [0.29, 0.717) is 15.1 Å². The lowest BCUT2D eigenvalue weighted by molar-refractivity contribution is -0.121. The molecule has 1 saturated heterocycles. The van der Waals surface area contributed by atoms with Crippen LogP contribution < -0.4 is 0 Å². The number of halogens is 1. The molecular formula is C23H17ClN2OS. The standard InChI is InChI=1S/C23H17ClN2OS/c1-26-22(27)21(28-23(26)25-20-13-11-19(24)12-14-20)15-16-7-9-18(10-8-16)17-5-3-2-4-6-17/h2-15H,1H3/b21-15-,25-23+. The van der Waals surface area contributed by atoms with E-state index < -0.39 is 0 Å². The second kappa shape index (κ2) is 8.05. The fraction of sp³-hybridized carbons (Fsp3) is 0.0435. The molecule has 5 heteroatoms. The summed E-state index contributed by atoms with van der Waals surface area (Å²) in [6.45, 7) is 0. The number of carbonyl (C=O) groups excluding carboxylic acids is 1. The normalized spacial score (nSPS) is 16.9. The fourth-order valence-electron chi connectivity index (χ4n) is 2.83. The lowest BCUT2D eigenvalue weighted by Gasteiger charge is -2.07. The summed E-state index contributed by atoms with van der Waals surface area (Å²) in [4.78, 5) is 19.4. The number of benzene rings is 3. The Hall–Kier alpha value is -2.82. The van der Waals surface area contributed by atoms with E-state index in [0.717, 1.165) is 16.8 Å². The van der Waals surface area contributed by atoms with Gasteiger partial charge in [-0.25, -0.2) is 4.99 Å². The van der Waals surface area contributed by atoms with Crippen LogP contribution in [0.3, 0.4) is 0 Å². The molecule has 1 amide bonds. The van der Waals surface area contributed by atoms with Crippen molar-refractivity contribution >= 4 is 46.2 Å². The molecule has 3 aromatic rings. The van der Waals surface area contributed by atoms with Gasteiger partial charge < -0.3 is 0 Å². The van der Waals surface area contributed by atoms with E-state index in [4.69, 9.17) is 11.6 Å². The molecule has 1 heterocycles. The number of carbonyl (C=O) groups is 1. The molecule has 3 aromatic carbocycles. The predicted molar refractivity (Wildman–Crippen MR) is 119 cm³/mol. The van der Waals surface area contributed by atoms with E-state index in [2.05, 4.69) is 29.3 Å². The average Bonchev–Trinajstić information content (AvgIpc) is 2.99. The number of amides is 1. The number of rotatable bonds is 3. The average molecular weight is 405 g/mol. The molecule has 0 N–H and O–H groups in total. The number of aliphatic imine (C=N–C) groups is 1. The molecule has 4 rings (SSSR count). The molecule has 3 nitrogen and oxygen atoms in total. The summed E-state index contributed by atoms with van der Waals surface area (Å²) in [5, 5.41) is 1.31. The van der Waals surface area contributed by atoms with E-state index in [1.54, 1.807) is 24.1 Å². The van der Waals surface area contributed by atoms with E-state index in [9.17, 15) is 4.79 Å². The molecule has 0 aromatic heterocycles. The van der Waals surface area contributed by atoms with Crippen LogP contribution in [0.25, 0.3) is 17.2 Å². The van der Waals surface area contributed by atoms with Crippen LogP contribution in [-0.4, -0.2) is 23.0 Å². The van der Waals surface area contributed by atoms with Gasteiger partial charge >= 0.3 is 0 Å². The number of hydrogen-bond donors (Lipinski definition) is 0. The first kappa shape index (κ1) is 18.5. The zero-order valence-electron chi connectivity index (χ0n) is 15.2. The van der Waals surface area contributed by atoms with Crippen molar-refractivity contribution in [2.45, 2.75) is 0 Å². The van der Waals surface area contributed by atoms with Crippen molar-refractivity contribution < 1.29 is 4.79 Å². The van der Waals surface area contributed by atoms with Crippen LogP contribution in [0.5, 0.6) is 0 Å². The highest BCUT2D eigenvalue weighted by atomic mass is 35.5. The van der Waals surface area contributed by atoms with Crippen molar-refractivity contribution in [2.24, 2.45) is 4.99 Å². The summed E-state index contributed by atoms with van der Waals surface area (Å²) in [5.41, 5.74) is 4.07. The lowest BCUT2D eigenvalue weighted by Crippen LogP contribution is -2.23. The van der Waals surface area contributed by atoms with Gasteiger partial charge in [-0.2, -0.15) is 0 Å². The zero-order valence-corrected chi connectivity index (χ0v) is 16.7. The summed E-state index contributed by atoms with van der Waals surface area (Å²) in [6, 6.07) is 25.6. The Bertz CT molecular complexity index is 1060. The first-order valence-corrected chi connectivity index (χ1v) is 9.97. The van der Waals surface area contributed by atoms with Gasteiger partial charge in [-0.3, -0.25) is 9.69 Å². The van der Waals surface area contributed by atoms with Crippen molar-refractivity contribution in [2.75, 3.05) is 7.05 Å². The summed E-state index contributed by atoms with van der Waals surface area (Å²) >= 11 is 7.29. The topological polar surface area (TPSA) is 32.7 Å². The molecule has 138 valence electrons. The first-order chi connectivity index (χ1) is 13.6. The molecule has 0 saturated carbocycles. The molecule has 1 aliphatic rings. The van der Waals surface area contributed by atoms with Crippen LogP contribution in [0.4, 0.5) is 5.69 Å². The highest BCUT2D eigenvalue weighted by molar-refractivity contribution is 8.18. The van der Waals surface area contributed by atoms with E-state index in [1.807, 2.05) is 48.5 Å². The summed E-state index contributed by atoms with van der Waals surface area (Å²) in [5.74, 6) is -0.0511. The Balaban J connectivity index is 1.56. The Morgan fingerprint density at radius 3 is 2.21 bits per heavy atom. The highest BCUT2D eigenvalue weighted by Gasteiger charge is 2.30. The van der Waals surface area contributed by atoms with Gasteiger partial charge in [0.1, 0.15) is 0 Å². The van der Waals surface area contributed by atoms with Gasteiger partial charge in [-0.15, -0.1) is 0 Å². The van der Waals surface area contributed by atoms with Crippen molar-refractivity contribution in [3.63, 3.8) is 0 Å². The molecule has 0 radical (unpaired) electrons. The monoisotopic (exact) mass is 404 g/mol. The van der Waals surface area contributed by atoms with Crippen LogP contribution in [0.15, 0.2) is 88.8 Å². The minimum absolute atomic E-state index is 0.0511. The van der Waals surface area contributed by atoms with Gasteiger partial charge in [0.25, 0.3) is 5.91 Å². The molecule has 0 bridgehead atoms. The third kappa shape index (κ3) is 4.03. The van der Waals surface area contributed by atoms with Gasteiger partial charge in [-0.05, 0) is 58.8 Å². The number of hydrogen-bond acceptors (Lipinski definition) is 3. The zero-order chi connectivity index (χ0) is 19.5. The van der Waals surface area contributed by atoms with Crippen molar-refractivity contribution in [1.82, 2.24) is 4.90 Å². The largest absolute Gasteiger partial charge is 0.290 e. The molecule has 1 fully saturated rings. The molecule has 0 aliphatic carbocycles. The quantitative estimate of drug-likeness (QED) is 0.484. The minimum atomic E-state index is -0.0511. The number of thioether (sulfide) groups is 1. The fourth-order valence-corrected chi connectivity index (χ4v) is 3.94. The SMILES string of the molecule is CN1C(=O)/C(=C/c2ccc(-c3ccccc3)cc2)S/C1=N/c1ccc(Cl)cc1. The second-order valence-electron chi connectivity index (χ2n) is 6.33. The maximum atomic E-state index is 12.6. The molecule has 0 spiro atoms. The minimum Gasteiger partial charge on any atom is -0.290 e. The van der Waals surface area contributed by atoms with Crippen LogP contribution in [0.2, 0.25) is 5.02 Å². The maximum absolute atomic E-state index is 12.6. The molecule has 0 unspecified atom stereocenters. The number of likely N-dealkylation sites (N-methyl/N-ethyl adjacent to an activating group) is 1. The van der Waals surface area contributed by atoms with Crippen LogP contribution >= 0.6 is 23.4 Å². The van der Waals surface area contributed by atoms with E-state index >= 15 is 0 Å². The van der Waals surface area contributed by atoms with Crippen LogP contribution in [0.1, 0.15) is 5.56 Å². The van der Waals surface area contributed by atoms with Gasteiger partial charge in [0.15, 0.2) is 5.17 Å². The van der Waals surface area contributed by atoms with Gasteiger partial charge in [0.2, 0.25) is 0 Å². The van der Waals surface area contributed by atoms with Crippen molar-refractivity contribution in [3.05, 3.63) is 94.4 Å². The van der Waals surface area contributed by atoms with Crippen LogP contribution in [-0.2, 0) is 4.79 Å². The van der Waals surface area contributed by atoms with Crippen molar-refractivity contribution in [3.8, 4) is 11.1 Å². The number of nitrogens with zero attached hydrogens (tertiary/aromatic N) is 2. The molecular weight excluding hydrogens is 388 g/mol.